The fourth-order valence-corrected chi connectivity index (χ4v) is 2.40. The molecule has 2 rings (SSSR count). The first kappa shape index (κ1) is 13.2. The molecule has 2 N–H and O–H groups in total. The van der Waals surface area contributed by atoms with Gasteiger partial charge in [0.05, 0.1) is 22.6 Å². The van der Waals surface area contributed by atoms with E-state index in [0.29, 0.717) is 29.0 Å². The van der Waals surface area contributed by atoms with E-state index in [1.54, 1.807) is 13.8 Å². The molecule has 0 aliphatic carbocycles. The SMILES string of the molecule is CC1=NNC(=O)/C1=C(/C)C/C(C)=C1/C(=O)NN=C1C. The van der Waals surface area contributed by atoms with Crippen LogP contribution in [-0.4, -0.2) is 23.2 Å². The maximum atomic E-state index is 11.7. The first-order valence-corrected chi connectivity index (χ1v) is 6.01. The topological polar surface area (TPSA) is 82.9 Å². The van der Waals surface area contributed by atoms with E-state index in [4.69, 9.17) is 0 Å². The van der Waals surface area contributed by atoms with Gasteiger partial charge < -0.3 is 0 Å². The average Bonchev–Trinajstić information content (AvgIpc) is 2.82. The zero-order valence-corrected chi connectivity index (χ0v) is 11.4. The predicted molar refractivity (Wildman–Crippen MR) is 72.5 cm³/mol. The van der Waals surface area contributed by atoms with Crippen LogP contribution < -0.4 is 10.9 Å². The van der Waals surface area contributed by atoms with Crippen LogP contribution >= 0.6 is 0 Å². The highest BCUT2D eigenvalue weighted by Crippen LogP contribution is 2.22. The van der Waals surface area contributed by atoms with E-state index in [0.717, 1.165) is 11.1 Å². The van der Waals surface area contributed by atoms with E-state index in [9.17, 15) is 9.59 Å². The summed E-state index contributed by atoms with van der Waals surface area (Å²) in [5.41, 5.74) is 9.23. The number of nitrogens with one attached hydrogen (secondary N) is 2. The van der Waals surface area contributed by atoms with Crippen LogP contribution in [0.1, 0.15) is 34.1 Å². The lowest BCUT2D eigenvalue weighted by atomic mass is 9.95. The number of amides is 2. The number of rotatable bonds is 2. The molecule has 6 heteroatoms. The van der Waals surface area contributed by atoms with Crippen LogP contribution in [0.25, 0.3) is 0 Å². The van der Waals surface area contributed by atoms with Crippen LogP contribution in [0.5, 0.6) is 0 Å². The van der Waals surface area contributed by atoms with Gasteiger partial charge in [0, 0.05) is 0 Å². The molecule has 19 heavy (non-hydrogen) atoms. The van der Waals surface area contributed by atoms with Crippen LogP contribution in [0.3, 0.4) is 0 Å². The minimum absolute atomic E-state index is 0.186. The van der Waals surface area contributed by atoms with E-state index in [1.165, 1.54) is 0 Å². The number of hydrazone groups is 2. The van der Waals surface area contributed by atoms with Crippen molar-refractivity contribution in [2.45, 2.75) is 34.1 Å². The van der Waals surface area contributed by atoms with Gasteiger partial charge in [0.25, 0.3) is 11.8 Å². The third-order valence-electron chi connectivity index (χ3n) is 3.21. The first-order chi connectivity index (χ1) is 8.91. The second-order valence-electron chi connectivity index (χ2n) is 4.76. The van der Waals surface area contributed by atoms with Gasteiger partial charge in [-0.15, -0.1) is 0 Å². The van der Waals surface area contributed by atoms with Crippen molar-refractivity contribution in [2.24, 2.45) is 10.2 Å². The lowest BCUT2D eigenvalue weighted by molar-refractivity contribution is -0.117. The average molecular weight is 260 g/mol. The Bertz CT molecular complexity index is 542. The van der Waals surface area contributed by atoms with E-state index < -0.39 is 0 Å². The van der Waals surface area contributed by atoms with Crippen molar-refractivity contribution in [1.29, 1.82) is 0 Å². The first-order valence-electron chi connectivity index (χ1n) is 6.01. The summed E-state index contributed by atoms with van der Waals surface area (Å²) >= 11 is 0. The second-order valence-corrected chi connectivity index (χ2v) is 4.76. The quantitative estimate of drug-likeness (QED) is 0.727. The number of carbonyl (C=O) groups is 2. The Hall–Kier alpha value is -2.24. The molecule has 6 nitrogen and oxygen atoms in total. The molecule has 0 spiro atoms. The van der Waals surface area contributed by atoms with Gasteiger partial charge in [0.2, 0.25) is 0 Å². The van der Waals surface area contributed by atoms with Crippen LogP contribution in [0.4, 0.5) is 0 Å². The summed E-state index contributed by atoms with van der Waals surface area (Å²) < 4.78 is 0. The van der Waals surface area contributed by atoms with Gasteiger partial charge in [-0.1, -0.05) is 11.1 Å². The van der Waals surface area contributed by atoms with Crippen molar-refractivity contribution in [3.8, 4) is 0 Å². The molecule has 0 fully saturated rings. The Morgan fingerprint density at radius 1 is 0.895 bits per heavy atom. The Balaban J connectivity index is 2.32. The Kier molecular flexibility index (Phi) is 3.33. The van der Waals surface area contributed by atoms with Gasteiger partial charge in [-0.2, -0.15) is 10.2 Å². The van der Waals surface area contributed by atoms with Crippen LogP contribution in [0.2, 0.25) is 0 Å². The molecule has 2 aliphatic rings. The van der Waals surface area contributed by atoms with Crippen molar-refractivity contribution < 1.29 is 9.59 Å². The smallest absolute Gasteiger partial charge is 0.267 e. The lowest BCUT2D eigenvalue weighted by Crippen LogP contribution is -2.16. The molecule has 0 saturated heterocycles. The van der Waals surface area contributed by atoms with Gasteiger partial charge in [0.15, 0.2) is 0 Å². The van der Waals surface area contributed by atoms with Crippen molar-refractivity contribution >= 4 is 23.2 Å². The predicted octanol–water partition coefficient (Wildman–Crippen LogP) is 1.02. The summed E-state index contributed by atoms with van der Waals surface area (Å²) in [6.45, 7) is 7.33. The van der Waals surface area contributed by atoms with Gasteiger partial charge in [-0.05, 0) is 34.1 Å². The Morgan fingerprint density at radius 3 is 1.53 bits per heavy atom. The standard InChI is InChI=1S/C13H16N4O2/c1-6(10-8(3)14-16-12(10)18)5-7(2)11-9(4)15-17-13(11)19/h5H2,1-4H3,(H,16,18)(H,17,19)/b10-6-,11-7+. The third kappa shape index (κ3) is 2.33. The molecule has 2 amide bonds. The Morgan fingerprint density at radius 2 is 1.26 bits per heavy atom. The van der Waals surface area contributed by atoms with E-state index in [2.05, 4.69) is 21.1 Å². The summed E-state index contributed by atoms with van der Waals surface area (Å²) in [6.07, 6.45) is 0.547. The van der Waals surface area contributed by atoms with Crippen LogP contribution in [0, 0.1) is 0 Å². The second kappa shape index (κ2) is 4.79. The van der Waals surface area contributed by atoms with Gasteiger partial charge in [-0.25, -0.2) is 10.9 Å². The van der Waals surface area contributed by atoms with E-state index in [1.807, 2.05) is 13.8 Å². The van der Waals surface area contributed by atoms with Crippen molar-refractivity contribution in [2.75, 3.05) is 0 Å². The largest absolute Gasteiger partial charge is 0.273 e. The summed E-state index contributed by atoms with van der Waals surface area (Å²) in [5.74, 6) is -0.372. The molecule has 0 aromatic heterocycles. The normalized spacial score (nSPS) is 23.8. The maximum Gasteiger partial charge on any atom is 0.273 e. The van der Waals surface area contributed by atoms with Crippen LogP contribution in [0.15, 0.2) is 32.5 Å². The number of hydrogen-bond acceptors (Lipinski definition) is 4. The molecule has 0 saturated carbocycles. The summed E-state index contributed by atoms with van der Waals surface area (Å²) in [7, 11) is 0. The number of allylic oxidation sites excluding steroid dienone is 2. The molecule has 100 valence electrons. The monoisotopic (exact) mass is 260 g/mol. The molecule has 0 bridgehead atoms. The lowest BCUT2D eigenvalue weighted by Gasteiger charge is -2.08. The highest BCUT2D eigenvalue weighted by atomic mass is 16.2. The van der Waals surface area contributed by atoms with Crippen molar-refractivity contribution in [1.82, 2.24) is 10.9 Å². The number of nitrogens with zero attached hydrogens (tertiary/aromatic N) is 2. The molecule has 0 atom stereocenters. The van der Waals surface area contributed by atoms with E-state index >= 15 is 0 Å². The maximum absolute atomic E-state index is 11.7. The number of hydrogen-bond donors (Lipinski definition) is 2. The number of carbonyl (C=O) groups excluding carboxylic acids is 2. The summed E-state index contributed by atoms with van der Waals surface area (Å²) in [4.78, 5) is 23.3. The minimum Gasteiger partial charge on any atom is -0.267 e. The van der Waals surface area contributed by atoms with Gasteiger partial charge in [-0.3, -0.25) is 9.59 Å². The molecule has 2 heterocycles. The summed E-state index contributed by atoms with van der Waals surface area (Å²) in [6, 6.07) is 0. The van der Waals surface area contributed by atoms with Gasteiger partial charge in [0.1, 0.15) is 0 Å². The zero-order chi connectivity index (χ0) is 14.2. The van der Waals surface area contributed by atoms with E-state index in [-0.39, 0.29) is 11.8 Å². The molecular formula is C13H16N4O2. The minimum atomic E-state index is -0.186. The fraction of sp³-hybridized carbons (Fsp3) is 0.385. The zero-order valence-electron chi connectivity index (χ0n) is 11.4. The summed E-state index contributed by atoms with van der Waals surface area (Å²) in [5, 5.41) is 7.79. The Labute approximate surface area is 111 Å². The highest BCUT2D eigenvalue weighted by molar-refractivity contribution is 6.25. The van der Waals surface area contributed by atoms with Crippen molar-refractivity contribution in [3.05, 3.63) is 22.3 Å². The molecule has 0 aromatic carbocycles. The molecular weight excluding hydrogens is 244 g/mol. The molecule has 0 radical (unpaired) electrons. The molecule has 0 unspecified atom stereocenters. The van der Waals surface area contributed by atoms with Crippen LogP contribution in [-0.2, 0) is 9.59 Å². The van der Waals surface area contributed by atoms with Crippen molar-refractivity contribution in [3.63, 3.8) is 0 Å². The molecule has 0 aromatic rings. The third-order valence-corrected chi connectivity index (χ3v) is 3.21. The molecule has 2 aliphatic heterocycles. The van der Waals surface area contributed by atoms with Gasteiger partial charge >= 0.3 is 0 Å². The highest BCUT2D eigenvalue weighted by Gasteiger charge is 2.24. The fourth-order valence-electron chi connectivity index (χ4n) is 2.40.